The summed E-state index contributed by atoms with van der Waals surface area (Å²) in [5.41, 5.74) is 6.08. The molecule has 0 aromatic rings. The second-order valence-electron chi connectivity index (χ2n) is 5.19. The quantitative estimate of drug-likeness (QED) is 0.719. The van der Waals surface area contributed by atoms with Gasteiger partial charge in [-0.05, 0) is 51.6 Å². The molecule has 0 amide bonds. The van der Waals surface area contributed by atoms with E-state index in [9.17, 15) is 0 Å². The highest BCUT2D eigenvalue weighted by Gasteiger charge is 2.28. The molecule has 1 aliphatic heterocycles. The van der Waals surface area contributed by atoms with Crippen molar-refractivity contribution in [2.75, 3.05) is 26.7 Å². The molecule has 0 bridgehead atoms. The van der Waals surface area contributed by atoms with Gasteiger partial charge in [0.25, 0.3) is 0 Å². The van der Waals surface area contributed by atoms with Crippen LogP contribution in [-0.2, 0) is 4.74 Å². The van der Waals surface area contributed by atoms with Crippen LogP contribution in [0.15, 0.2) is 0 Å². The zero-order valence-electron chi connectivity index (χ0n) is 9.82. The van der Waals surface area contributed by atoms with Crippen LogP contribution < -0.4 is 5.73 Å². The largest absolute Gasteiger partial charge is 0.377 e. The van der Waals surface area contributed by atoms with Crippen LogP contribution in [0.2, 0.25) is 0 Å². The summed E-state index contributed by atoms with van der Waals surface area (Å²) in [5.74, 6) is 0.834. The molecule has 88 valence electrons. The minimum atomic E-state index is 0.442. The van der Waals surface area contributed by atoms with E-state index in [2.05, 4.69) is 11.9 Å². The highest BCUT2D eigenvalue weighted by atomic mass is 16.5. The predicted octanol–water partition coefficient (Wildman–Crippen LogP) is 1.22. The van der Waals surface area contributed by atoms with Crippen LogP contribution in [0, 0.1) is 5.92 Å². The Morgan fingerprint density at radius 3 is 2.80 bits per heavy atom. The van der Waals surface area contributed by atoms with E-state index in [1.54, 1.807) is 0 Å². The van der Waals surface area contributed by atoms with Crippen LogP contribution in [-0.4, -0.2) is 43.8 Å². The number of likely N-dealkylation sites (N-methyl/N-ethyl adjacent to an activating group) is 1. The van der Waals surface area contributed by atoms with Gasteiger partial charge in [0.1, 0.15) is 0 Å². The number of hydrogen-bond acceptors (Lipinski definition) is 3. The zero-order valence-corrected chi connectivity index (χ0v) is 9.82. The van der Waals surface area contributed by atoms with Gasteiger partial charge in [0.15, 0.2) is 0 Å². The fourth-order valence-electron chi connectivity index (χ4n) is 2.36. The third kappa shape index (κ3) is 3.74. The van der Waals surface area contributed by atoms with E-state index in [0.717, 1.165) is 32.0 Å². The van der Waals surface area contributed by atoms with E-state index in [-0.39, 0.29) is 0 Å². The molecule has 0 aromatic carbocycles. The molecule has 15 heavy (non-hydrogen) atoms. The minimum Gasteiger partial charge on any atom is -0.377 e. The molecule has 1 aliphatic carbocycles. The Labute approximate surface area is 93.0 Å². The average molecular weight is 212 g/mol. The molecular formula is C12H24N2O. The van der Waals surface area contributed by atoms with Crippen LogP contribution >= 0.6 is 0 Å². The zero-order chi connectivity index (χ0) is 10.7. The molecule has 2 N–H and O–H groups in total. The molecule has 1 saturated carbocycles. The molecule has 2 unspecified atom stereocenters. The third-order valence-corrected chi connectivity index (χ3v) is 3.61. The number of ether oxygens (including phenoxy) is 1. The van der Waals surface area contributed by atoms with Gasteiger partial charge in [-0.25, -0.2) is 0 Å². The molecule has 1 saturated heterocycles. The maximum Gasteiger partial charge on any atom is 0.0702 e. The lowest BCUT2D eigenvalue weighted by Gasteiger charge is -2.22. The highest BCUT2D eigenvalue weighted by molar-refractivity contribution is 4.84. The van der Waals surface area contributed by atoms with Crippen LogP contribution in [0.25, 0.3) is 0 Å². The summed E-state index contributed by atoms with van der Waals surface area (Å²) in [6.07, 6.45) is 6.81. The Morgan fingerprint density at radius 2 is 2.20 bits per heavy atom. The Bertz CT molecular complexity index is 188. The Hall–Kier alpha value is -0.120. The lowest BCUT2D eigenvalue weighted by molar-refractivity contribution is 0.0802. The van der Waals surface area contributed by atoms with Crippen molar-refractivity contribution in [3.63, 3.8) is 0 Å². The first-order valence-corrected chi connectivity index (χ1v) is 6.31. The van der Waals surface area contributed by atoms with E-state index in [4.69, 9.17) is 10.5 Å². The Kier molecular flexibility index (Phi) is 4.00. The molecule has 1 heterocycles. The van der Waals surface area contributed by atoms with E-state index in [0.29, 0.717) is 12.1 Å². The van der Waals surface area contributed by atoms with Crippen LogP contribution in [0.4, 0.5) is 0 Å². The fourth-order valence-corrected chi connectivity index (χ4v) is 2.36. The smallest absolute Gasteiger partial charge is 0.0702 e. The van der Waals surface area contributed by atoms with Gasteiger partial charge < -0.3 is 15.4 Å². The molecule has 0 spiro atoms. The molecule has 2 rings (SSSR count). The van der Waals surface area contributed by atoms with Gasteiger partial charge in [-0.15, -0.1) is 0 Å². The Morgan fingerprint density at radius 1 is 1.40 bits per heavy atom. The standard InChI is InChI=1S/C12H24N2O/c1-14(9-11-3-2-8-15-11)7-6-12(13)10-4-5-10/h10-12H,2-9,13H2,1H3. The molecule has 3 heteroatoms. The first-order chi connectivity index (χ1) is 7.25. The number of nitrogens with two attached hydrogens (primary N) is 1. The van der Waals surface area contributed by atoms with Gasteiger partial charge in [-0.2, -0.15) is 0 Å². The summed E-state index contributed by atoms with van der Waals surface area (Å²) in [6, 6.07) is 0.442. The van der Waals surface area contributed by atoms with Crippen molar-refractivity contribution in [3.05, 3.63) is 0 Å². The molecule has 0 radical (unpaired) electrons. The van der Waals surface area contributed by atoms with Crippen LogP contribution in [0.3, 0.4) is 0 Å². The highest BCUT2D eigenvalue weighted by Crippen LogP contribution is 2.32. The van der Waals surface area contributed by atoms with Crippen molar-refractivity contribution in [2.24, 2.45) is 11.7 Å². The fraction of sp³-hybridized carbons (Fsp3) is 1.00. The van der Waals surface area contributed by atoms with Gasteiger partial charge in [0.05, 0.1) is 6.10 Å². The molecule has 3 nitrogen and oxygen atoms in total. The number of nitrogens with zero attached hydrogens (tertiary/aromatic N) is 1. The Balaban J connectivity index is 1.56. The maximum absolute atomic E-state index is 6.08. The molecular weight excluding hydrogens is 188 g/mol. The van der Waals surface area contributed by atoms with Crippen LogP contribution in [0.5, 0.6) is 0 Å². The summed E-state index contributed by atoms with van der Waals surface area (Å²) < 4.78 is 5.62. The van der Waals surface area contributed by atoms with Gasteiger partial charge >= 0.3 is 0 Å². The summed E-state index contributed by atoms with van der Waals surface area (Å²) >= 11 is 0. The van der Waals surface area contributed by atoms with E-state index >= 15 is 0 Å². The molecule has 0 aromatic heterocycles. The van der Waals surface area contributed by atoms with Crippen molar-refractivity contribution in [3.8, 4) is 0 Å². The maximum atomic E-state index is 6.08. The second-order valence-corrected chi connectivity index (χ2v) is 5.19. The van der Waals surface area contributed by atoms with Crippen molar-refractivity contribution in [1.29, 1.82) is 0 Å². The van der Waals surface area contributed by atoms with Crippen molar-refractivity contribution in [2.45, 2.75) is 44.2 Å². The number of hydrogen-bond donors (Lipinski definition) is 1. The average Bonchev–Trinajstić information content (AvgIpc) is 2.95. The summed E-state index contributed by atoms with van der Waals surface area (Å²) in [4.78, 5) is 2.37. The molecule has 2 fully saturated rings. The monoisotopic (exact) mass is 212 g/mol. The predicted molar refractivity (Wildman–Crippen MR) is 61.8 cm³/mol. The van der Waals surface area contributed by atoms with Crippen molar-refractivity contribution in [1.82, 2.24) is 4.90 Å². The van der Waals surface area contributed by atoms with E-state index < -0.39 is 0 Å². The summed E-state index contributed by atoms with van der Waals surface area (Å²) in [6.45, 7) is 3.16. The first kappa shape index (κ1) is 11.4. The van der Waals surface area contributed by atoms with Gasteiger partial charge in [-0.1, -0.05) is 0 Å². The van der Waals surface area contributed by atoms with Gasteiger partial charge in [-0.3, -0.25) is 0 Å². The van der Waals surface area contributed by atoms with Gasteiger partial charge in [0, 0.05) is 19.2 Å². The second kappa shape index (κ2) is 5.28. The minimum absolute atomic E-state index is 0.442. The summed E-state index contributed by atoms with van der Waals surface area (Å²) in [7, 11) is 2.18. The van der Waals surface area contributed by atoms with Gasteiger partial charge in [0.2, 0.25) is 0 Å². The topological polar surface area (TPSA) is 38.5 Å². The van der Waals surface area contributed by atoms with Crippen LogP contribution in [0.1, 0.15) is 32.1 Å². The van der Waals surface area contributed by atoms with Crippen molar-refractivity contribution < 1.29 is 4.74 Å². The number of rotatable bonds is 6. The lowest BCUT2D eigenvalue weighted by Crippen LogP contribution is -2.33. The summed E-state index contributed by atoms with van der Waals surface area (Å²) in [5, 5.41) is 0. The molecule has 2 atom stereocenters. The van der Waals surface area contributed by atoms with Crippen molar-refractivity contribution >= 4 is 0 Å². The van der Waals surface area contributed by atoms with E-state index in [1.165, 1.54) is 25.7 Å². The van der Waals surface area contributed by atoms with E-state index in [1.807, 2.05) is 0 Å². The molecule has 2 aliphatic rings. The third-order valence-electron chi connectivity index (χ3n) is 3.61. The normalized spacial score (nSPS) is 28.6. The SMILES string of the molecule is CN(CCC(N)C1CC1)CC1CCCO1. The first-order valence-electron chi connectivity index (χ1n) is 6.31. The lowest BCUT2D eigenvalue weighted by atomic mass is 10.1.